The number of pyridine rings is 1. The van der Waals surface area contributed by atoms with Crippen molar-refractivity contribution < 1.29 is 13.2 Å². The fourth-order valence-corrected chi connectivity index (χ4v) is 6.18. The van der Waals surface area contributed by atoms with Crippen LogP contribution in [0.4, 0.5) is 0 Å². The zero-order valence-corrected chi connectivity index (χ0v) is 19.4. The van der Waals surface area contributed by atoms with Gasteiger partial charge in [-0.1, -0.05) is 36.2 Å². The Hall–Kier alpha value is -2.44. The van der Waals surface area contributed by atoms with E-state index in [0.29, 0.717) is 40.5 Å². The van der Waals surface area contributed by atoms with Crippen molar-refractivity contribution in [2.24, 2.45) is 5.92 Å². The predicted octanol–water partition coefficient (Wildman–Crippen LogP) is 5.21. The first-order chi connectivity index (χ1) is 14.7. The minimum atomic E-state index is -4.00. The number of piperidine rings is 1. The van der Waals surface area contributed by atoms with E-state index in [0.717, 1.165) is 18.4 Å². The smallest absolute Gasteiger partial charge is 0.256 e. The second-order valence-electron chi connectivity index (χ2n) is 8.41. The number of amides is 1. The van der Waals surface area contributed by atoms with Gasteiger partial charge in [0.2, 0.25) is 9.84 Å². The first-order valence-electron chi connectivity index (χ1n) is 10.4. The summed E-state index contributed by atoms with van der Waals surface area (Å²) in [5, 5.41) is 0.756. The number of benzene rings is 2. The molecule has 162 valence electrons. The molecule has 5 nitrogen and oxygen atoms in total. The molecule has 1 aliphatic rings. The van der Waals surface area contributed by atoms with Crippen molar-refractivity contribution >= 4 is 38.2 Å². The molecule has 0 radical (unpaired) electrons. The van der Waals surface area contributed by atoms with Crippen molar-refractivity contribution in [3.63, 3.8) is 0 Å². The van der Waals surface area contributed by atoms with Crippen LogP contribution in [-0.2, 0) is 9.84 Å². The molecular formula is C24H25ClN2O3S. The summed E-state index contributed by atoms with van der Waals surface area (Å²) in [6, 6.07) is 10.1. The van der Waals surface area contributed by atoms with Crippen LogP contribution in [0.25, 0.3) is 10.9 Å². The van der Waals surface area contributed by atoms with Crippen molar-refractivity contribution in [1.29, 1.82) is 0 Å². The van der Waals surface area contributed by atoms with Gasteiger partial charge in [-0.15, -0.1) is 0 Å². The van der Waals surface area contributed by atoms with Gasteiger partial charge in [0.15, 0.2) is 0 Å². The van der Waals surface area contributed by atoms with Gasteiger partial charge >= 0.3 is 0 Å². The van der Waals surface area contributed by atoms with E-state index in [4.69, 9.17) is 11.6 Å². The second-order valence-corrected chi connectivity index (χ2v) is 10.7. The minimum absolute atomic E-state index is 0.0180. The molecule has 2 aromatic carbocycles. The molecule has 2 heterocycles. The third-order valence-corrected chi connectivity index (χ3v) is 8.22. The molecule has 0 bridgehead atoms. The molecule has 0 atom stereocenters. The molecule has 1 aliphatic heterocycles. The highest BCUT2D eigenvalue weighted by atomic mass is 35.5. The van der Waals surface area contributed by atoms with Crippen LogP contribution in [0.3, 0.4) is 0 Å². The molecule has 0 saturated carbocycles. The van der Waals surface area contributed by atoms with Crippen LogP contribution in [0.5, 0.6) is 0 Å². The maximum absolute atomic E-state index is 13.9. The first kappa shape index (κ1) is 21.8. The number of sulfone groups is 1. The van der Waals surface area contributed by atoms with Crippen LogP contribution in [0.15, 0.2) is 52.4 Å². The number of aromatic nitrogens is 1. The number of halogens is 1. The zero-order valence-electron chi connectivity index (χ0n) is 17.9. The summed E-state index contributed by atoms with van der Waals surface area (Å²) in [5.41, 5.74) is 2.19. The molecule has 0 aliphatic carbocycles. The lowest BCUT2D eigenvalue weighted by molar-refractivity contribution is 0.0693. The Bertz CT molecular complexity index is 1280. The van der Waals surface area contributed by atoms with E-state index in [2.05, 4.69) is 11.9 Å². The van der Waals surface area contributed by atoms with Crippen LogP contribution in [0.1, 0.15) is 41.3 Å². The van der Waals surface area contributed by atoms with Crippen molar-refractivity contribution in [3.05, 3.63) is 64.3 Å². The van der Waals surface area contributed by atoms with Gasteiger partial charge in [0.1, 0.15) is 0 Å². The predicted molar refractivity (Wildman–Crippen MR) is 122 cm³/mol. The summed E-state index contributed by atoms with van der Waals surface area (Å²) in [4.78, 5) is 19.7. The van der Waals surface area contributed by atoms with E-state index >= 15 is 0 Å². The molecule has 0 N–H and O–H groups in total. The van der Waals surface area contributed by atoms with Crippen LogP contribution in [0.2, 0.25) is 5.02 Å². The van der Waals surface area contributed by atoms with E-state index in [1.54, 1.807) is 42.2 Å². The highest BCUT2D eigenvalue weighted by Gasteiger charge is 2.32. The molecule has 7 heteroatoms. The van der Waals surface area contributed by atoms with E-state index in [1.165, 1.54) is 6.20 Å². The first-order valence-corrected chi connectivity index (χ1v) is 12.2. The highest BCUT2D eigenvalue weighted by molar-refractivity contribution is 7.91. The molecule has 1 amide bonds. The van der Waals surface area contributed by atoms with E-state index in [9.17, 15) is 13.2 Å². The van der Waals surface area contributed by atoms with E-state index in [1.807, 2.05) is 13.0 Å². The van der Waals surface area contributed by atoms with Crippen LogP contribution < -0.4 is 0 Å². The number of fused-ring (bicyclic) bond motifs is 1. The molecule has 0 spiro atoms. The molecule has 3 aromatic rings. The standard InChI is InChI=1S/C24H25ClN2O3S/c1-15-8-10-27(11-9-15)24(28)20-14-26-21-6-5-18(25)13-19(21)23(20)31(29,30)22-7-4-16(2)12-17(22)3/h4-7,12-15H,8-11H2,1-3H3. The highest BCUT2D eigenvalue weighted by Crippen LogP contribution is 2.34. The normalized spacial score (nSPS) is 15.4. The molecule has 1 saturated heterocycles. The summed E-state index contributed by atoms with van der Waals surface area (Å²) >= 11 is 6.22. The van der Waals surface area contributed by atoms with Crippen molar-refractivity contribution in [2.45, 2.75) is 43.4 Å². The van der Waals surface area contributed by atoms with Crippen molar-refractivity contribution in [2.75, 3.05) is 13.1 Å². The van der Waals surface area contributed by atoms with Crippen LogP contribution >= 0.6 is 11.6 Å². The van der Waals surface area contributed by atoms with Gasteiger partial charge < -0.3 is 4.90 Å². The van der Waals surface area contributed by atoms with Gasteiger partial charge in [-0.05, 0) is 62.4 Å². The molecule has 31 heavy (non-hydrogen) atoms. The van der Waals surface area contributed by atoms with Gasteiger partial charge in [0.05, 0.1) is 20.9 Å². The SMILES string of the molecule is Cc1ccc(S(=O)(=O)c2c(C(=O)N3CCC(C)CC3)cnc3ccc(Cl)cc23)c(C)c1. The Labute approximate surface area is 188 Å². The second kappa shape index (κ2) is 8.24. The Kier molecular flexibility index (Phi) is 5.79. The van der Waals surface area contributed by atoms with Gasteiger partial charge in [0.25, 0.3) is 5.91 Å². The van der Waals surface area contributed by atoms with Crippen molar-refractivity contribution in [3.8, 4) is 0 Å². The molecule has 1 fully saturated rings. The lowest BCUT2D eigenvalue weighted by atomic mass is 9.98. The lowest BCUT2D eigenvalue weighted by Crippen LogP contribution is -2.38. The Morgan fingerprint density at radius 3 is 2.48 bits per heavy atom. The van der Waals surface area contributed by atoms with Gasteiger partial charge in [-0.3, -0.25) is 9.78 Å². The van der Waals surface area contributed by atoms with Gasteiger partial charge in [-0.2, -0.15) is 0 Å². The van der Waals surface area contributed by atoms with Crippen molar-refractivity contribution in [1.82, 2.24) is 9.88 Å². The maximum Gasteiger partial charge on any atom is 0.256 e. The number of hydrogen-bond acceptors (Lipinski definition) is 4. The molecule has 0 unspecified atom stereocenters. The summed E-state index contributed by atoms with van der Waals surface area (Å²) in [6.07, 6.45) is 3.20. The Morgan fingerprint density at radius 2 is 1.81 bits per heavy atom. The summed E-state index contributed by atoms with van der Waals surface area (Å²) < 4.78 is 27.8. The number of nitrogens with zero attached hydrogens (tertiary/aromatic N) is 2. The third-order valence-electron chi connectivity index (χ3n) is 5.97. The van der Waals surface area contributed by atoms with E-state index < -0.39 is 9.84 Å². The average Bonchev–Trinajstić information content (AvgIpc) is 2.72. The fourth-order valence-electron chi connectivity index (χ4n) is 4.18. The number of aryl methyl sites for hydroxylation is 2. The third kappa shape index (κ3) is 4.06. The Balaban J connectivity index is 1.96. The summed E-state index contributed by atoms with van der Waals surface area (Å²) in [7, 11) is -4.00. The number of hydrogen-bond donors (Lipinski definition) is 0. The maximum atomic E-state index is 13.9. The number of rotatable bonds is 3. The molecule has 4 rings (SSSR count). The number of carbonyl (C=O) groups is 1. The van der Waals surface area contributed by atoms with Crippen LogP contribution in [0, 0.1) is 19.8 Å². The zero-order chi connectivity index (χ0) is 22.3. The topological polar surface area (TPSA) is 67.3 Å². The number of carbonyl (C=O) groups excluding carboxylic acids is 1. The van der Waals surface area contributed by atoms with Gasteiger partial charge in [-0.25, -0.2) is 8.42 Å². The monoisotopic (exact) mass is 456 g/mol. The average molecular weight is 457 g/mol. The molecular weight excluding hydrogens is 432 g/mol. The molecule has 1 aromatic heterocycles. The lowest BCUT2D eigenvalue weighted by Gasteiger charge is -2.31. The van der Waals surface area contributed by atoms with E-state index in [-0.39, 0.29) is 21.3 Å². The van der Waals surface area contributed by atoms with Gasteiger partial charge in [0, 0.05) is 29.7 Å². The van der Waals surface area contributed by atoms with Crippen LogP contribution in [-0.4, -0.2) is 37.3 Å². The minimum Gasteiger partial charge on any atom is -0.339 e. The quantitative estimate of drug-likeness (QED) is 0.542. The largest absolute Gasteiger partial charge is 0.339 e. The fraction of sp³-hybridized carbons (Fsp3) is 0.333. The summed E-state index contributed by atoms with van der Waals surface area (Å²) in [5.74, 6) is 0.251. The Morgan fingerprint density at radius 1 is 1.10 bits per heavy atom. The number of likely N-dealkylation sites (tertiary alicyclic amines) is 1. The summed E-state index contributed by atoms with van der Waals surface area (Å²) in [6.45, 7) is 7.06.